The highest BCUT2D eigenvalue weighted by Crippen LogP contribution is 2.23. The smallest absolute Gasteiger partial charge is 0.315 e. The largest absolute Gasteiger partial charge is 0.337 e. The zero-order valence-corrected chi connectivity index (χ0v) is 15.0. The predicted molar refractivity (Wildman–Crippen MR) is 96.9 cm³/mol. The van der Waals surface area contributed by atoms with Gasteiger partial charge in [0.2, 0.25) is 11.7 Å². The van der Waals surface area contributed by atoms with Gasteiger partial charge in [0.15, 0.2) is 0 Å². The van der Waals surface area contributed by atoms with Crippen LogP contribution in [0.2, 0.25) is 0 Å². The molecule has 1 atom stereocenters. The molecule has 0 saturated heterocycles. The summed E-state index contributed by atoms with van der Waals surface area (Å²) in [6.45, 7) is 3.94. The number of urea groups is 1. The summed E-state index contributed by atoms with van der Waals surface area (Å²) in [4.78, 5) is 20.6. The molecular formula is C19H20FN5O2. The molecule has 0 aliphatic rings. The summed E-state index contributed by atoms with van der Waals surface area (Å²) in [6, 6.07) is 8.91. The third kappa shape index (κ3) is 4.66. The molecule has 1 unspecified atom stereocenters. The van der Waals surface area contributed by atoms with Crippen molar-refractivity contribution in [3.8, 4) is 11.4 Å². The Morgan fingerprint density at radius 3 is 2.63 bits per heavy atom. The highest BCUT2D eigenvalue weighted by Gasteiger charge is 2.25. The number of nitrogens with zero attached hydrogens (tertiary/aromatic N) is 3. The Balaban J connectivity index is 1.66. The van der Waals surface area contributed by atoms with E-state index in [0.29, 0.717) is 17.3 Å². The molecule has 0 saturated carbocycles. The van der Waals surface area contributed by atoms with Gasteiger partial charge < -0.3 is 15.2 Å². The molecule has 0 aliphatic heterocycles. The van der Waals surface area contributed by atoms with Gasteiger partial charge in [-0.3, -0.25) is 4.98 Å². The van der Waals surface area contributed by atoms with Crippen LogP contribution in [0, 0.1) is 11.7 Å². The van der Waals surface area contributed by atoms with Crippen LogP contribution in [-0.2, 0) is 6.54 Å². The van der Waals surface area contributed by atoms with E-state index < -0.39 is 12.1 Å². The van der Waals surface area contributed by atoms with Crippen LogP contribution in [0.4, 0.5) is 9.18 Å². The number of pyridine rings is 1. The van der Waals surface area contributed by atoms with E-state index in [0.717, 1.165) is 5.56 Å². The van der Waals surface area contributed by atoms with Gasteiger partial charge in [-0.25, -0.2) is 9.18 Å². The number of hydrogen-bond acceptors (Lipinski definition) is 5. The average Bonchev–Trinajstić information content (AvgIpc) is 3.16. The second-order valence-corrected chi connectivity index (χ2v) is 6.33. The van der Waals surface area contributed by atoms with Crippen molar-refractivity contribution in [1.29, 1.82) is 0 Å². The van der Waals surface area contributed by atoms with Crippen LogP contribution in [0.3, 0.4) is 0 Å². The Kier molecular flexibility index (Phi) is 5.75. The fourth-order valence-corrected chi connectivity index (χ4v) is 2.50. The Morgan fingerprint density at radius 2 is 1.93 bits per heavy atom. The van der Waals surface area contributed by atoms with Crippen molar-refractivity contribution < 1.29 is 13.7 Å². The second kappa shape index (κ2) is 8.39. The van der Waals surface area contributed by atoms with Crippen LogP contribution in [0.25, 0.3) is 11.4 Å². The van der Waals surface area contributed by atoms with Crippen molar-refractivity contribution in [2.45, 2.75) is 26.4 Å². The first-order valence-electron chi connectivity index (χ1n) is 8.56. The van der Waals surface area contributed by atoms with Crippen LogP contribution in [0.5, 0.6) is 0 Å². The maximum absolute atomic E-state index is 13.7. The number of carbonyl (C=O) groups is 1. The summed E-state index contributed by atoms with van der Waals surface area (Å²) in [5, 5.41) is 9.42. The van der Waals surface area contributed by atoms with Gasteiger partial charge in [-0.1, -0.05) is 37.2 Å². The Bertz CT molecular complexity index is 898. The first-order valence-corrected chi connectivity index (χ1v) is 8.56. The summed E-state index contributed by atoms with van der Waals surface area (Å²) in [7, 11) is 0. The second-order valence-electron chi connectivity index (χ2n) is 6.33. The molecular weight excluding hydrogens is 349 g/mol. The summed E-state index contributed by atoms with van der Waals surface area (Å²) in [5.41, 5.74) is 1.18. The lowest BCUT2D eigenvalue weighted by Crippen LogP contribution is -2.39. The normalized spacial score (nSPS) is 12.0. The molecule has 0 aliphatic carbocycles. The van der Waals surface area contributed by atoms with Gasteiger partial charge in [0.1, 0.15) is 11.9 Å². The molecule has 2 aromatic heterocycles. The van der Waals surface area contributed by atoms with E-state index >= 15 is 0 Å². The molecule has 27 heavy (non-hydrogen) atoms. The number of rotatable bonds is 6. The molecule has 0 fully saturated rings. The fourth-order valence-electron chi connectivity index (χ4n) is 2.50. The maximum Gasteiger partial charge on any atom is 0.315 e. The lowest BCUT2D eigenvalue weighted by atomic mass is 10.0. The van der Waals surface area contributed by atoms with E-state index in [1.54, 1.807) is 42.7 Å². The van der Waals surface area contributed by atoms with Crippen LogP contribution in [0.15, 0.2) is 53.3 Å². The third-order valence-corrected chi connectivity index (χ3v) is 4.00. The van der Waals surface area contributed by atoms with E-state index in [1.165, 1.54) is 6.07 Å². The molecule has 0 spiro atoms. The molecule has 2 N–H and O–H groups in total. The first-order chi connectivity index (χ1) is 13.0. The molecule has 2 amide bonds. The van der Waals surface area contributed by atoms with Gasteiger partial charge in [-0.05, 0) is 24.1 Å². The minimum Gasteiger partial charge on any atom is -0.337 e. The van der Waals surface area contributed by atoms with E-state index in [4.69, 9.17) is 4.52 Å². The zero-order chi connectivity index (χ0) is 19.2. The number of aromatic nitrogens is 3. The monoisotopic (exact) mass is 369 g/mol. The number of carbonyl (C=O) groups excluding carboxylic acids is 1. The standard InChI is InChI=1S/C19H20FN5O2/c1-12(2)16(18-24-17(25-27-18)13-7-9-21-10-8-13)23-19(26)22-11-14-5-3-4-6-15(14)20/h3-10,12,16H,11H2,1-2H3,(H2,22,23,26). The van der Waals surface area contributed by atoms with Crippen LogP contribution < -0.4 is 10.6 Å². The Hall–Kier alpha value is -3.29. The molecule has 140 valence electrons. The minimum atomic E-state index is -0.478. The van der Waals surface area contributed by atoms with E-state index in [9.17, 15) is 9.18 Å². The third-order valence-electron chi connectivity index (χ3n) is 4.00. The molecule has 0 radical (unpaired) electrons. The Labute approximate surface area is 156 Å². The van der Waals surface area contributed by atoms with Gasteiger partial charge in [-0.2, -0.15) is 4.98 Å². The Morgan fingerprint density at radius 1 is 1.19 bits per heavy atom. The lowest BCUT2D eigenvalue weighted by molar-refractivity contribution is 0.224. The average molecular weight is 369 g/mol. The predicted octanol–water partition coefficient (Wildman–Crippen LogP) is 3.47. The van der Waals surface area contributed by atoms with Gasteiger partial charge in [0, 0.05) is 30.1 Å². The van der Waals surface area contributed by atoms with Crippen LogP contribution in [0.1, 0.15) is 31.3 Å². The maximum atomic E-state index is 13.7. The van der Waals surface area contributed by atoms with E-state index in [-0.39, 0.29) is 18.3 Å². The minimum absolute atomic E-state index is 0.00921. The highest BCUT2D eigenvalue weighted by molar-refractivity contribution is 5.74. The van der Waals surface area contributed by atoms with Gasteiger partial charge in [-0.15, -0.1) is 0 Å². The van der Waals surface area contributed by atoms with Gasteiger partial charge >= 0.3 is 6.03 Å². The quantitative estimate of drug-likeness (QED) is 0.694. The van der Waals surface area contributed by atoms with Gasteiger partial charge in [0.05, 0.1) is 0 Å². The number of halogens is 1. The molecule has 1 aromatic carbocycles. The molecule has 8 heteroatoms. The molecule has 0 bridgehead atoms. The molecule has 7 nitrogen and oxygen atoms in total. The summed E-state index contributed by atoms with van der Waals surface area (Å²) < 4.78 is 19.0. The molecule has 3 rings (SSSR count). The van der Waals surface area contributed by atoms with Crippen molar-refractivity contribution in [1.82, 2.24) is 25.8 Å². The summed E-state index contributed by atoms with van der Waals surface area (Å²) in [6.07, 6.45) is 3.28. The number of amides is 2. The van der Waals surface area contributed by atoms with Crippen LogP contribution in [-0.4, -0.2) is 21.2 Å². The fraction of sp³-hybridized carbons (Fsp3) is 0.263. The zero-order valence-electron chi connectivity index (χ0n) is 15.0. The van der Waals surface area contributed by atoms with Crippen LogP contribution >= 0.6 is 0 Å². The number of benzene rings is 1. The van der Waals surface area contributed by atoms with E-state index in [1.807, 2.05) is 13.8 Å². The SMILES string of the molecule is CC(C)C(NC(=O)NCc1ccccc1F)c1nc(-c2ccncc2)no1. The highest BCUT2D eigenvalue weighted by atomic mass is 19.1. The molecule has 2 heterocycles. The van der Waals surface area contributed by atoms with Gasteiger partial charge in [0.25, 0.3) is 0 Å². The van der Waals surface area contributed by atoms with Crippen molar-refractivity contribution >= 4 is 6.03 Å². The summed E-state index contributed by atoms with van der Waals surface area (Å²) >= 11 is 0. The lowest BCUT2D eigenvalue weighted by Gasteiger charge is -2.19. The number of hydrogen-bond donors (Lipinski definition) is 2. The topological polar surface area (TPSA) is 92.9 Å². The van der Waals surface area contributed by atoms with E-state index in [2.05, 4.69) is 25.8 Å². The van der Waals surface area contributed by atoms with Crippen molar-refractivity contribution in [3.05, 3.63) is 66.1 Å². The summed E-state index contributed by atoms with van der Waals surface area (Å²) in [5.74, 6) is 0.372. The molecule has 3 aromatic rings. The first kappa shape index (κ1) is 18.5. The van der Waals surface area contributed by atoms with Crippen molar-refractivity contribution in [2.75, 3.05) is 0 Å². The number of nitrogens with one attached hydrogen (secondary N) is 2. The van der Waals surface area contributed by atoms with Crippen molar-refractivity contribution in [3.63, 3.8) is 0 Å². The van der Waals surface area contributed by atoms with Crippen molar-refractivity contribution in [2.24, 2.45) is 5.92 Å².